The molecule has 0 saturated heterocycles. The van der Waals surface area contributed by atoms with E-state index in [-0.39, 0.29) is 6.04 Å². The van der Waals surface area contributed by atoms with Gasteiger partial charge in [-0.15, -0.1) is 5.10 Å². The Hall–Kier alpha value is -0.680. The molecule has 1 aromatic heterocycles. The zero-order valence-corrected chi connectivity index (χ0v) is 13.1. The van der Waals surface area contributed by atoms with Crippen LogP contribution < -0.4 is 5.32 Å². The molecule has 1 unspecified atom stereocenters. The van der Waals surface area contributed by atoms with Crippen LogP contribution in [0, 0.1) is 6.92 Å². The lowest BCUT2D eigenvalue weighted by molar-refractivity contribution is 0.555. The molecule has 0 spiro atoms. The predicted molar refractivity (Wildman–Crippen MR) is 81.2 cm³/mol. The topological polar surface area (TPSA) is 37.8 Å². The molecule has 0 amide bonds. The summed E-state index contributed by atoms with van der Waals surface area (Å²) in [6.07, 6.45) is 0.843. The number of nitrogens with zero attached hydrogens (tertiary/aromatic N) is 2. The van der Waals surface area contributed by atoms with Gasteiger partial charge in [-0.25, -0.2) is 0 Å². The van der Waals surface area contributed by atoms with Crippen LogP contribution in [-0.2, 0) is 6.42 Å². The average Bonchev–Trinajstić information content (AvgIpc) is 2.79. The molecule has 1 aromatic carbocycles. The van der Waals surface area contributed by atoms with Crippen molar-refractivity contribution in [2.24, 2.45) is 0 Å². The van der Waals surface area contributed by atoms with Crippen LogP contribution >= 0.6 is 34.7 Å². The van der Waals surface area contributed by atoms with Crippen molar-refractivity contribution in [3.05, 3.63) is 44.4 Å². The van der Waals surface area contributed by atoms with Crippen LogP contribution in [0.4, 0.5) is 0 Å². The van der Waals surface area contributed by atoms with Crippen LogP contribution in [0.15, 0.2) is 18.2 Å². The Morgan fingerprint density at radius 2 is 2.11 bits per heavy atom. The summed E-state index contributed by atoms with van der Waals surface area (Å²) in [4.78, 5) is 1.17. The zero-order valence-electron chi connectivity index (χ0n) is 10.8. The molecule has 3 nitrogen and oxygen atoms in total. The number of aromatic nitrogens is 2. The maximum absolute atomic E-state index is 6.06. The molecule has 1 heterocycles. The Morgan fingerprint density at radius 3 is 2.68 bits per heavy atom. The van der Waals surface area contributed by atoms with Gasteiger partial charge < -0.3 is 5.32 Å². The highest BCUT2D eigenvalue weighted by Crippen LogP contribution is 2.27. The third-order valence-corrected chi connectivity index (χ3v) is 4.56. The SMILES string of the molecule is CCNC(Cc1ccc(Cl)c(Cl)c1)c1snnc1C. The molecule has 0 fully saturated rings. The molecule has 0 bridgehead atoms. The molecule has 102 valence electrons. The Balaban J connectivity index is 2.21. The molecule has 0 radical (unpaired) electrons. The average molecular weight is 316 g/mol. The van der Waals surface area contributed by atoms with Crippen LogP contribution in [0.1, 0.15) is 29.1 Å². The van der Waals surface area contributed by atoms with Gasteiger partial charge in [0.2, 0.25) is 0 Å². The minimum absolute atomic E-state index is 0.210. The van der Waals surface area contributed by atoms with Gasteiger partial charge in [0, 0.05) is 6.04 Å². The number of likely N-dealkylation sites (N-methyl/N-ethyl adjacent to an activating group) is 1. The third-order valence-electron chi connectivity index (χ3n) is 2.88. The van der Waals surface area contributed by atoms with Gasteiger partial charge in [-0.1, -0.05) is 40.7 Å². The molecule has 2 rings (SSSR count). The highest BCUT2D eigenvalue weighted by Gasteiger charge is 2.17. The number of halogens is 2. The zero-order chi connectivity index (χ0) is 13.8. The minimum Gasteiger partial charge on any atom is -0.309 e. The van der Waals surface area contributed by atoms with Crippen LogP contribution in [0.2, 0.25) is 10.0 Å². The van der Waals surface area contributed by atoms with E-state index in [0.29, 0.717) is 10.0 Å². The van der Waals surface area contributed by atoms with Crippen molar-refractivity contribution >= 4 is 34.7 Å². The maximum Gasteiger partial charge on any atom is 0.0772 e. The molecule has 0 aliphatic carbocycles. The van der Waals surface area contributed by atoms with Crippen molar-refractivity contribution in [2.45, 2.75) is 26.3 Å². The summed E-state index contributed by atoms with van der Waals surface area (Å²) in [7, 11) is 0. The molecule has 1 N–H and O–H groups in total. The predicted octanol–water partition coefficient (Wildman–Crippen LogP) is 4.05. The lowest BCUT2D eigenvalue weighted by Gasteiger charge is -2.16. The Bertz CT molecular complexity index is 557. The molecule has 6 heteroatoms. The lowest BCUT2D eigenvalue weighted by atomic mass is 10.0. The Kier molecular flexibility index (Phi) is 5.16. The first-order valence-corrected chi connectivity index (χ1v) is 7.61. The molecule has 0 saturated carbocycles. The van der Waals surface area contributed by atoms with Crippen LogP contribution in [0.25, 0.3) is 0 Å². The highest BCUT2D eigenvalue weighted by atomic mass is 35.5. The van der Waals surface area contributed by atoms with Gasteiger partial charge in [-0.05, 0) is 49.1 Å². The van der Waals surface area contributed by atoms with Gasteiger partial charge in [-0.2, -0.15) is 0 Å². The number of hydrogen-bond acceptors (Lipinski definition) is 4. The van der Waals surface area contributed by atoms with Crippen molar-refractivity contribution in [2.75, 3.05) is 6.54 Å². The van der Waals surface area contributed by atoms with E-state index in [0.717, 1.165) is 24.2 Å². The van der Waals surface area contributed by atoms with E-state index in [1.54, 1.807) is 0 Å². The third kappa shape index (κ3) is 3.66. The molecule has 2 aromatic rings. The summed E-state index contributed by atoms with van der Waals surface area (Å²) in [5.41, 5.74) is 2.13. The first kappa shape index (κ1) is 14.7. The Morgan fingerprint density at radius 1 is 1.32 bits per heavy atom. The maximum atomic E-state index is 6.06. The molecule has 19 heavy (non-hydrogen) atoms. The summed E-state index contributed by atoms with van der Waals surface area (Å²) in [5.74, 6) is 0. The van der Waals surface area contributed by atoms with E-state index in [1.807, 2.05) is 25.1 Å². The van der Waals surface area contributed by atoms with Crippen molar-refractivity contribution in [3.63, 3.8) is 0 Å². The van der Waals surface area contributed by atoms with Crippen LogP contribution in [0.3, 0.4) is 0 Å². The van der Waals surface area contributed by atoms with Gasteiger partial charge >= 0.3 is 0 Å². The van der Waals surface area contributed by atoms with Crippen molar-refractivity contribution in [1.29, 1.82) is 0 Å². The van der Waals surface area contributed by atoms with E-state index in [9.17, 15) is 0 Å². The van der Waals surface area contributed by atoms with Gasteiger partial charge in [0.05, 0.1) is 20.6 Å². The van der Waals surface area contributed by atoms with Crippen LogP contribution in [0.5, 0.6) is 0 Å². The van der Waals surface area contributed by atoms with Crippen molar-refractivity contribution in [3.8, 4) is 0 Å². The monoisotopic (exact) mass is 315 g/mol. The summed E-state index contributed by atoms with van der Waals surface area (Å²) < 4.78 is 4.00. The highest BCUT2D eigenvalue weighted by molar-refractivity contribution is 7.05. The van der Waals surface area contributed by atoms with Gasteiger partial charge in [0.25, 0.3) is 0 Å². The second-order valence-corrected chi connectivity index (χ2v) is 5.89. The molecule has 1 atom stereocenters. The number of benzene rings is 1. The van der Waals surface area contributed by atoms with E-state index < -0.39 is 0 Å². The smallest absolute Gasteiger partial charge is 0.0772 e. The van der Waals surface area contributed by atoms with Crippen molar-refractivity contribution in [1.82, 2.24) is 14.9 Å². The summed E-state index contributed by atoms with van der Waals surface area (Å²) in [6.45, 7) is 4.97. The minimum atomic E-state index is 0.210. The first-order chi connectivity index (χ1) is 9.11. The lowest BCUT2D eigenvalue weighted by Crippen LogP contribution is -2.22. The van der Waals surface area contributed by atoms with Crippen molar-refractivity contribution < 1.29 is 0 Å². The van der Waals surface area contributed by atoms with Gasteiger partial charge in [0.15, 0.2) is 0 Å². The fourth-order valence-corrected chi connectivity index (χ4v) is 3.00. The largest absolute Gasteiger partial charge is 0.309 e. The quantitative estimate of drug-likeness (QED) is 0.904. The molecular formula is C13H15Cl2N3S. The van der Waals surface area contributed by atoms with Crippen LogP contribution in [-0.4, -0.2) is 16.1 Å². The standard InChI is InChI=1S/C13H15Cl2N3S/c1-3-16-12(13-8(2)17-18-19-13)7-9-4-5-10(14)11(15)6-9/h4-6,12,16H,3,7H2,1-2H3. The molecule has 0 aliphatic heterocycles. The summed E-state index contributed by atoms with van der Waals surface area (Å²) in [6, 6.07) is 5.96. The number of nitrogens with one attached hydrogen (secondary N) is 1. The summed E-state index contributed by atoms with van der Waals surface area (Å²) >= 11 is 13.4. The van der Waals surface area contributed by atoms with E-state index >= 15 is 0 Å². The van der Waals surface area contributed by atoms with Gasteiger partial charge in [0.1, 0.15) is 0 Å². The second-order valence-electron chi connectivity index (χ2n) is 4.29. The summed E-state index contributed by atoms with van der Waals surface area (Å²) in [5, 5.41) is 8.71. The molecular weight excluding hydrogens is 301 g/mol. The van der Waals surface area contributed by atoms with E-state index in [4.69, 9.17) is 23.2 Å². The Labute approximate surface area is 127 Å². The fourth-order valence-electron chi connectivity index (χ4n) is 1.96. The van der Waals surface area contributed by atoms with E-state index in [1.165, 1.54) is 16.4 Å². The number of rotatable bonds is 5. The van der Waals surface area contributed by atoms with E-state index in [2.05, 4.69) is 21.8 Å². The molecule has 0 aliphatic rings. The first-order valence-electron chi connectivity index (χ1n) is 6.08. The number of aryl methyl sites for hydroxylation is 1. The number of hydrogen-bond donors (Lipinski definition) is 1. The normalized spacial score (nSPS) is 12.6. The second kappa shape index (κ2) is 6.66. The fraction of sp³-hybridized carbons (Fsp3) is 0.385. The van der Waals surface area contributed by atoms with Gasteiger partial charge in [-0.3, -0.25) is 0 Å².